The molecule has 1 heterocycles. The highest BCUT2D eigenvalue weighted by Gasteiger charge is 2.48. The number of fused-ring (bicyclic) bond motifs is 1. The van der Waals surface area contributed by atoms with Crippen molar-refractivity contribution in [3.8, 4) is 0 Å². The first-order chi connectivity index (χ1) is 6.07. The van der Waals surface area contributed by atoms with Crippen LogP contribution in [0, 0.1) is 5.92 Å². The van der Waals surface area contributed by atoms with Crippen LogP contribution in [0.5, 0.6) is 0 Å². The molecule has 0 radical (unpaired) electrons. The maximum Gasteiger partial charge on any atom is 0.403 e. The summed E-state index contributed by atoms with van der Waals surface area (Å²) in [5, 5.41) is 2.71. The molecule has 1 nitrogen and oxygen atoms in total. The van der Waals surface area contributed by atoms with Crippen molar-refractivity contribution in [2.75, 3.05) is 0 Å². The van der Waals surface area contributed by atoms with E-state index in [4.69, 9.17) is 0 Å². The Hall–Kier alpha value is -0.250. The van der Waals surface area contributed by atoms with E-state index >= 15 is 0 Å². The van der Waals surface area contributed by atoms with E-state index in [1.165, 1.54) is 0 Å². The van der Waals surface area contributed by atoms with Crippen molar-refractivity contribution in [3.63, 3.8) is 0 Å². The van der Waals surface area contributed by atoms with Crippen LogP contribution in [0.4, 0.5) is 13.2 Å². The number of hydrogen-bond donors (Lipinski definition) is 1. The summed E-state index contributed by atoms with van der Waals surface area (Å²) in [6.07, 6.45) is 0.346. The summed E-state index contributed by atoms with van der Waals surface area (Å²) in [6.45, 7) is 0. The van der Waals surface area contributed by atoms with Gasteiger partial charge in [-0.15, -0.1) is 0 Å². The van der Waals surface area contributed by atoms with Gasteiger partial charge in [0, 0.05) is 6.04 Å². The van der Waals surface area contributed by atoms with Crippen LogP contribution in [-0.4, -0.2) is 18.3 Å². The van der Waals surface area contributed by atoms with Gasteiger partial charge in [-0.3, -0.25) is 0 Å². The van der Waals surface area contributed by atoms with E-state index in [1.807, 2.05) is 0 Å². The van der Waals surface area contributed by atoms with Crippen LogP contribution in [0.15, 0.2) is 0 Å². The van der Waals surface area contributed by atoms with Crippen molar-refractivity contribution in [1.82, 2.24) is 5.32 Å². The third-order valence-electron chi connectivity index (χ3n) is 3.26. The topological polar surface area (TPSA) is 12.0 Å². The SMILES string of the molecule is FC(F)(F)C1CC2CCCCC2N1. The van der Waals surface area contributed by atoms with E-state index in [1.54, 1.807) is 0 Å². The minimum absolute atomic E-state index is 0.139. The van der Waals surface area contributed by atoms with Crippen molar-refractivity contribution in [3.05, 3.63) is 0 Å². The van der Waals surface area contributed by atoms with Gasteiger partial charge >= 0.3 is 6.18 Å². The van der Waals surface area contributed by atoms with E-state index < -0.39 is 12.2 Å². The lowest BCUT2D eigenvalue weighted by Gasteiger charge is -2.24. The van der Waals surface area contributed by atoms with Crippen LogP contribution in [0.3, 0.4) is 0 Å². The Morgan fingerprint density at radius 2 is 1.77 bits per heavy atom. The first kappa shape index (κ1) is 9.31. The number of nitrogens with one attached hydrogen (secondary N) is 1. The number of rotatable bonds is 0. The fourth-order valence-corrected chi connectivity index (χ4v) is 2.57. The second-order valence-corrected chi connectivity index (χ2v) is 4.15. The lowest BCUT2D eigenvalue weighted by molar-refractivity contribution is -0.153. The minimum atomic E-state index is -4.04. The summed E-state index contributed by atoms with van der Waals surface area (Å²) in [7, 11) is 0. The Labute approximate surface area is 75.7 Å². The molecular weight excluding hydrogens is 179 g/mol. The largest absolute Gasteiger partial charge is 0.403 e. The molecule has 2 rings (SSSR count). The molecule has 1 saturated carbocycles. The van der Waals surface area contributed by atoms with Crippen molar-refractivity contribution >= 4 is 0 Å². The van der Waals surface area contributed by atoms with Crippen LogP contribution in [0.2, 0.25) is 0 Å². The molecule has 1 aliphatic heterocycles. The Morgan fingerprint density at radius 3 is 2.38 bits per heavy atom. The second kappa shape index (κ2) is 3.15. The second-order valence-electron chi connectivity index (χ2n) is 4.15. The van der Waals surface area contributed by atoms with Gasteiger partial charge in [0.2, 0.25) is 0 Å². The van der Waals surface area contributed by atoms with E-state index in [-0.39, 0.29) is 12.0 Å². The Kier molecular flexibility index (Phi) is 2.26. The summed E-state index contributed by atoms with van der Waals surface area (Å²) in [5.74, 6) is 0.278. The summed E-state index contributed by atoms with van der Waals surface area (Å²) in [5.41, 5.74) is 0. The van der Waals surface area contributed by atoms with Crippen LogP contribution in [0.25, 0.3) is 0 Å². The van der Waals surface area contributed by atoms with Crippen LogP contribution >= 0.6 is 0 Å². The zero-order valence-corrected chi connectivity index (χ0v) is 7.40. The third kappa shape index (κ3) is 1.82. The molecule has 0 aromatic carbocycles. The zero-order valence-electron chi connectivity index (χ0n) is 7.40. The first-order valence-corrected chi connectivity index (χ1v) is 4.90. The molecule has 0 aromatic rings. The number of halogens is 3. The Morgan fingerprint density at radius 1 is 1.08 bits per heavy atom. The van der Waals surface area contributed by atoms with Crippen LogP contribution < -0.4 is 5.32 Å². The molecule has 3 atom stereocenters. The van der Waals surface area contributed by atoms with Crippen molar-refractivity contribution < 1.29 is 13.2 Å². The highest BCUT2D eigenvalue weighted by atomic mass is 19.4. The smallest absolute Gasteiger partial charge is 0.303 e. The average Bonchev–Trinajstić information content (AvgIpc) is 2.45. The fraction of sp³-hybridized carbons (Fsp3) is 1.00. The monoisotopic (exact) mass is 193 g/mol. The van der Waals surface area contributed by atoms with Gasteiger partial charge in [-0.1, -0.05) is 12.8 Å². The van der Waals surface area contributed by atoms with Crippen molar-refractivity contribution in [2.45, 2.75) is 50.4 Å². The molecule has 0 aromatic heterocycles. The van der Waals surface area contributed by atoms with Gasteiger partial charge in [0.25, 0.3) is 0 Å². The molecule has 0 bridgehead atoms. The zero-order chi connectivity index (χ0) is 9.47. The van der Waals surface area contributed by atoms with Gasteiger partial charge in [-0.2, -0.15) is 13.2 Å². The van der Waals surface area contributed by atoms with Gasteiger partial charge in [0.15, 0.2) is 0 Å². The molecule has 3 unspecified atom stereocenters. The molecule has 4 heteroatoms. The molecule has 13 heavy (non-hydrogen) atoms. The standard InChI is InChI=1S/C9H14F3N/c10-9(11,12)8-5-6-3-1-2-4-7(6)13-8/h6-8,13H,1-5H2. The molecular formula is C9H14F3N. The third-order valence-corrected chi connectivity index (χ3v) is 3.26. The van der Waals surface area contributed by atoms with Crippen LogP contribution in [-0.2, 0) is 0 Å². The molecule has 2 fully saturated rings. The maximum atomic E-state index is 12.3. The predicted molar refractivity (Wildman–Crippen MR) is 43.3 cm³/mol. The molecule has 1 N–H and O–H groups in total. The first-order valence-electron chi connectivity index (χ1n) is 4.90. The van der Waals surface area contributed by atoms with Gasteiger partial charge in [-0.05, 0) is 25.2 Å². The molecule has 2 aliphatic rings. The number of hydrogen-bond acceptors (Lipinski definition) is 1. The summed E-state index contributed by atoms with van der Waals surface area (Å²) >= 11 is 0. The summed E-state index contributed by atoms with van der Waals surface area (Å²) < 4.78 is 37.0. The van der Waals surface area contributed by atoms with Gasteiger partial charge in [-0.25, -0.2) is 0 Å². The highest BCUT2D eigenvalue weighted by Crippen LogP contribution is 2.38. The Balaban J connectivity index is 1.99. The lowest BCUT2D eigenvalue weighted by Crippen LogP contribution is -2.41. The van der Waals surface area contributed by atoms with Crippen molar-refractivity contribution in [2.24, 2.45) is 5.92 Å². The molecule has 0 amide bonds. The van der Waals surface area contributed by atoms with Crippen molar-refractivity contribution in [1.29, 1.82) is 0 Å². The summed E-state index contributed by atoms with van der Waals surface area (Å²) in [6, 6.07) is -1.10. The van der Waals surface area contributed by atoms with Gasteiger partial charge < -0.3 is 5.32 Å². The lowest BCUT2D eigenvalue weighted by atomic mass is 9.85. The highest BCUT2D eigenvalue weighted by molar-refractivity contribution is 4.95. The number of alkyl halides is 3. The van der Waals surface area contributed by atoms with E-state index in [2.05, 4.69) is 5.32 Å². The van der Waals surface area contributed by atoms with E-state index in [0.717, 1.165) is 25.7 Å². The average molecular weight is 193 g/mol. The quantitative estimate of drug-likeness (QED) is 0.623. The maximum absolute atomic E-state index is 12.3. The van der Waals surface area contributed by atoms with Gasteiger partial charge in [0.05, 0.1) is 0 Å². The molecule has 0 spiro atoms. The normalized spacial score (nSPS) is 40.4. The van der Waals surface area contributed by atoms with Crippen LogP contribution in [0.1, 0.15) is 32.1 Å². The van der Waals surface area contributed by atoms with E-state index in [9.17, 15) is 13.2 Å². The predicted octanol–water partition coefficient (Wildman–Crippen LogP) is 2.47. The molecule has 1 aliphatic carbocycles. The fourth-order valence-electron chi connectivity index (χ4n) is 2.57. The Bertz CT molecular complexity index is 176. The molecule has 1 saturated heterocycles. The summed E-state index contributed by atoms with van der Waals surface area (Å²) in [4.78, 5) is 0. The minimum Gasteiger partial charge on any atom is -0.303 e. The molecule has 76 valence electrons. The van der Waals surface area contributed by atoms with E-state index in [0.29, 0.717) is 6.42 Å². The van der Waals surface area contributed by atoms with Gasteiger partial charge in [0.1, 0.15) is 6.04 Å².